The van der Waals surface area contributed by atoms with Gasteiger partial charge < -0.3 is 5.32 Å². The van der Waals surface area contributed by atoms with Gasteiger partial charge in [0.1, 0.15) is 5.01 Å². The molecule has 94 valence electrons. The Hall–Kier alpha value is -1.19. The van der Waals surface area contributed by atoms with Crippen molar-refractivity contribution < 1.29 is 0 Å². The summed E-state index contributed by atoms with van der Waals surface area (Å²) in [6.45, 7) is 5.19. The first kappa shape index (κ1) is 11.9. The van der Waals surface area contributed by atoms with Crippen LogP contribution < -0.4 is 5.32 Å². The van der Waals surface area contributed by atoms with Crippen LogP contribution >= 0.6 is 11.3 Å². The van der Waals surface area contributed by atoms with Crippen LogP contribution in [0.3, 0.4) is 0 Å². The second-order valence-corrected chi connectivity index (χ2v) is 6.10. The van der Waals surface area contributed by atoms with Gasteiger partial charge in [-0.3, -0.25) is 0 Å². The summed E-state index contributed by atoms with van der Waals surface area (Å²) in [5.74, 6) is 0. The fourth-order valence-corrected chi connectivity index (χ4v) is 2.92. The van der Waals surface area contributed by atoms with Gasteiger partial charge in [0, 0.05) is 23.5 Å². The van der Waals surface area contributed by atoms with E-state index >= 15 is 0 Å². The molecule has 3 heteroatoms. The fraction of sp³-hybridized carbons (Fsp3) is 0.400. The zero-order chi connectivity index (χ0) is 12.5. The zero-order valence-corrected chi connectivity index (χ0v) is 11.7. The number of hydrogen-bond donors (Lipinski definition) is 1. The summed E-state index contributed by atoms with van der Waals surface area (Å²) in [5.41, 5.74) is 4.95. The Morgan fingerprint density at radius 3 is 2.61 bits per heavy atom. The Balaban J connectivity index is 1.78. The molecule has 2 nitrogen and oxygen atoms in total. The summed E-state index contributed by atoms with van der Waals surface area (Å²) >= 11 is 1.75. The third kappa shape index (κ3) is 2.79. The molecule has 0 aliphatic heterocycles. The monoisotopic (exact) mass is 258 g/mol. The standard InChI is InChI=1S/C15H18N2S/c1-10-5-11(2)7-12(6-10)14-9-18-15(17-14)8-16-13-3-4-13/h5-7,9,13,16H,3-4,8H2,1-2H3. The highest BCUT2D eigenvalue weighted by molar-refractivity contribution is 7.09. The minimum Gasteiger partial charge on any atom is -0.308 e. The van der Waals surface area contributed by atoms with E-state index in [9.17, 15) is 0 Å². The molecule has 2 aromatic rings. The lowest BCUT2D eigenvalue weighted by molar-refractivity contribution is 0.685. The van der Waals surface area contributed by atoms with Gasteiger partial charge in [-0.1, -0.05) is 17.2 Å². The number of hydrogen-bond acceptors (Lipinski definition) is 3. The number of nitrogens with one attached hydrogen (secondary N) is 1. The van der Waals surface area contributed by atoms with Crippen molar-refractivity contribution in [1.29, 1.82) is 0 Å². The summed E-state index contributed by atoms with van der Waals surface area (Å²) in [6, 6.07) is 7.37. The van der Waals surface area contributed by atoms with E-state index in [2.05, 4.69) is 42.7 Å². The van der Waals surface area contributed by atoms with E-state index in [0.717, 1.165) is 18.3 Å². The number of benzene rings is 1. The van der Waals surface area contributed by atoms with Gasteiger partial charge >= 0.3 is 0 Å². The Labute approximate surface area is 112 Å². The molecule has 18 heavy (non-hydrogen) atoms. The fourth-order valence-electron chi connectivity index (χ4n) is 2.17. The van der Waals surface area contributed by atoms with E-state index in [0.29, 0.717) is 0 Å². The SMILES string of the molecule is Cc1cc(C)cc(-c2csc(CNC3CC3)n2)c1. The molecule has 1 aromatic heterocycles. The van der Waals surface area contributed by atoms with Crippen LogP contribution in [0.15, 0.2) is 23.6 Å². The van der Waals surface area contributed by atoms with Crippen molar-refractivity contribution >= 4 is 11.3 Å². The second kappa shape index (κ2) is 4.82. The predicted octanol–water partition coefficient (Wildman–Crippen LogP) is 3.68. The summed E-state index contributed by atoms with van der Waals surface area (Å²) in [5, 5.41) is 6.86. The molecule has 1 aliphatic rings. The lowest BCUT2D eigenvalue weighted by Gasteiger charge is -2.02. The molecular formula is C15H18N2S. The van der Waals surface area contributed by atoms with Gasteiger partial charge in [0.2, 0.25) is 0 Å². The zero-order valence-electron chi connectivity index (χ0n) is 10.9. The molecule has 0 bridgehead atoms. The molecule has 0 spiro atoms. The maximum atomic E-state index is 4.72. The summed E-state index contributed by atoms with van der Waals surface area (Å²) in [4.78, 5) is 4.72. The maximum Gasteiger partial charge on any atom is 0.107 e. The van der Waals surface area contributed by atoms with Gasteiger partial charge in [0.15, 0.2) is 0 Å². The lowest BCUT2D eigenvalue weighted by atomic mass is 10.1. The molecule has 0 radical (unpaired) electrons. The van der Waals surface area contributed by atoms with Gasteiger partial charge in [-0.2, -0.15) is 0 Å². The van der Waals surface area contributed by atoms with E-state index in [-0.39, 0.29) is 0 Å². The average Bonchev–Trinajstić information content (AvgIpc) is 3.02. The third-order valence-corrected chi connectivity index (χ3v) is 4.04. The highest BCUT2D eigenvalue weighted by atomic mass is 32.1. The number of thiazole rings is 1. The van der Waals surface area contributed by atoms with Crippen LogP contribution in [-0.4, -0.2) is 11.0 Å². The summed E-state index contributed by atoms with van der Waals surface area (Å²) < 4.78 is 0. The van der Waals surface area contributed by atoms with Crippen molar-refractivity contribution in [3.63, 3.8) is 0 Å². The van der Waals surface area contributed by atoms with Crippen LogP contribution in [0.1, 0.15) is 29.0 Å². The maximum absolute atomic E-state index is 4.72. The first-order valence-electron chi connectivity index (χ1n) is 6.47. The van der Waals surface area contributed by atoms with E-state index in [4.69, 9.17) is 4.98 Å². The first-order chi connectivity index (χ1) is 8.70. The Bertz CT molecular complexity index is 535. The molecule has 1 heterocycles. The predicted molar refractivity (Wildman–Crippen MR) is 76.9 cm³/mol. The van der Waals surface area contributed by atoms with Crippen LogP contribution in [0.4, 0.5) is 0 Å². The van der Waals surface area contributed by atoms with Gasteiger partial charge in [0.25, 0.3) is 0 Å². The largest absolute Gasteiger partial charge is 0.308 e. The van der Waals surface area contributed by atoms with Crippen LogP contribution in [0.25, 0.3) is 11.3 Å². The number of aromatic nitrogens is 1. The summed E-state index contributed by atoms with van der Waals surface area (Å²) in [7, 11) is 0. The second-order valence-electron chi connectivity index (χ2n) is 5.16. The molecule has 1 aliphatic carbocycles. The van der Waals surface area contributed by atoms with Crippen molar-refractivity contribution in [2.45, 2.75) is 39.3 Å². The number of rotatable bonds is 4. The van der Waals surface area contributed by atoms with Crippen molar-refractivity contribution in [3.8, 4) is 11.3 Å². The third-order valence-electron chi connectivity index (χ3n) is 3.19. The molecule has 1 aromatic carbocycles. The van der Waals surface area contributed by atoms with E-state index in [1.165, 1.54) is 34.5 Å². The molecule has 3 rings (SSSR count). The molecule has 0 saturated heterocycles. The van der Waals surface area contributed by atoms with Gasteiger partial charge in [-0.25, -0.2) is 4.98 Å². The first-order valence-corrected chi connectivity index (χ1v) is 7.35. The average molecular weight is 258 g/mol. The Morgan fingerprint density at radius 1 is 1.22 bits per heavy atom. The molecule has 1 fully saturated rings. The Kier molecular flexibility index (Phi) is 3.18. The normalized spacial score (nSPS) is 15.0. The Morgan fingerprint density at radius 2 is 1.94 bits per heavy atom. The molecule has 0 unspecified atom stereocenters. The molecule has 0 atom stereocenters. The van der Waals surface area contributed by atoms with Gasteiger partial charge in [-0.05, 0) is 38.8 Å². The van der Waals surface area contributed by atoms with Crippen molar-refractivity contribution in [2.24, 2.45) is 0 Å². The van der Waals surface area contributed by atoms with Gasteiger partial charge in [-0.15, -0.1) is 11.3 Å². The van der Waals surface area contributed by atoms with Gasteiger partial charge in [0.05, 0.1) is 5.69 Å². The van der Waals surface area contributed by atoms with Crippen molar-refractivity contribution in [2.75, 3.05) is 0 Å². The van der Waals surface area contributed by atoms with Crippen molar-refractivity contribution in [1.82, 2.24) is 10.3 Å². The minimum absolute atomic E-state index is 0.749. The molecular weight excluding hydrogens is 240 g/mol. The number of aryl methyl sites for hydroxylation is 2. The smallest absolute Gasteiger partial charge is 0.107 e. The van der Waals surface area contributed by atoms with Crippen LogP contribution in [0, 0.1) is 13.8 Å². The topological polar surface area (TPSA) is 24.9 Å². The molecule has 1 N–H and O–H groups in total. The minimum atomic E-state index is 0.749. The van der Waals surface area contributed by atoms with Crippen LogP contribution in [-0.2, 0) is 6.54 Å². The molecule has 1 saturated carbocycles. The van der Waals surface area contributed by atoms with E-state index < -0.39 is 0 Å². The lowest BCUT2D eigenvalue weighted by Crippen LogP contribution is -2.14. The highest BCUT2D eigenvalue weighted by Gasteiger charge is 2.20. The van der Waals surface area contributed by atoms with Crippen LogP contribution in [0.2, 0.25) is 0 Å². The van der Waals surface area contributed by atoms with E-state index in [1.54, 1.807) is 11.3 Å². The quantitative estimate of drug-likeness (QED) is 0.905. The molecule has 0 amide bonds. The summed E-state index contributed by atoms with van der Waals surface area (Å²) in [6.07, 6.45) is 2.66. The highest BCUT2D eigenvalue weighted by Crippen LogP contribution is 2.25. The van der Waals surface area contributed by atoms with Crippen molar-refractivity contribution in [3.05, 3.63) is 39.7 Å². The number of nitrogens with zero attached hydrogens (tertiary/aromatic N) is 1. The van der Waals surface area contributed by atoms with Crippen LogP contribution in [0.5, 0.6) is 0 Å². The van der Waals surface area contributed by atoms with E-state index in [1.807, 2.05) is 0 Å².